The standard InChI is InChI=1S/C22H30F2N8O2/c1-22(2,34)7-8-25-17-6-11-31-20(28-17)15(12-26-31)21(33)27-16-13-32(29-18(16)19(23)24)14-4-9-30(3)10-5-14/h6,11-14,19,34H,4-5,7-10H2,1-3H3,(H,25,28)(H,27,33). The van der Waals surface area contributed by atoms with Gasteiger partial charge in [0.2, 0.25) is 0 Å². The first-order valence-corrected chi connectivity index (χ1v) is 11.3. The molecule has 0 saturated carbocycles. The largest absolute Gasteiger partial charge is 0.390 e. The first-order valence-electron chi connectivity index (χ1n) is 11.3. The van der Waals surface area contributed by atoms with Gasteiger partial charge in [-0.15, -0.1) is 0 Å². The molecule has 3 aromatic rings. The molecule has 184 valence electrons. The molecule has 1 amide bonds. The Morgan fingerprint density at radius 1 is 1.32 bits per heavy atom. The number of piperidine rings is 1. The molecule has 4 heterocycles. The third-order valence-electron chi connectivity index (χ3n) is 5.93. The number of aliphatic hydroxyl groups is 1. The number of fused-ring (bicyclic) bond motifs is 1. The van der Waals surface area contributed by atoms with E-state index in [1.54, 1.807) is 30.8 Å². The molecule has 0 aromatic carbocycles. The minimum absolute atomic E-state index is 0.00975. The van der Waals surface area contributed by atoms with E-state index in [9.17, 15) is 18.7 Å². The zero-order chi connectivity index (χ0) is 24.5. The van der Waals surface area contributed by atoms with Gasteiger partial charge in [0.1, 0.15) is 11.4 Å². The Balaban J connectivity index is 1.53. The van der Waals surface area contributed by atoms with Crippen LogP contribution in [-0.4, -0.2) is 72.6 Å². The maximum absolute atomic E-state index is 13.7. The normalized spacial score (nSPS) is 15.9. The molecule has 10 nitrogen and oxygen atoms in total. The van der Waals surface area contributed by atoms with Crippen LogP contribution in [0.25, 0.3) is 5.65 Å². The van der Waals surface area contributed by atoms with E-state index in [1.165, 1.54) is 16.9 Å². The molecule has 0 bridgehead atoms. The zero-order valence-corrected chi connectivity index (χ0v) is 19.5. The van der Waals surface area contributed by atoms with Crippen LogP contribution < -0.4 is 10.6 Å². The Bertz CT molecular complexity index is 1150. The van der Waals surface area contributed by atoms with Gasteiger partial charge in [0.15, 0.2) is 11.3 Å². The van der Waals surface area contributed by atoms with Gasteiger partial charge in [-0.25, -0.2) is 18.3 Å². The molecule has 3 aromatic heterocycles. The van der Waals surface area contributed by atoms with Gasteiger partial charge in [-0.1, -0.05) is 0 Å². The van der Waals surface area contributed by atoms with Gasteiger partial charge in [0, 0.05) is 18.9 Å². The fraction of sp³-hybridized carbons (Fsp3) is 0.545. The average molecular weight is 477 g/mol. The lowest BCUT2D eigenvalue weighted by Gasteiger charge is -2.28. The quantitative estimate of drug-likeness (QED) is 0.458. The van der Waals surface area contributed by atoms with Crippen LogP contribution in [0.4, 0.5) is 20.3 Å². The minimum atomic E-state index is -2.82. The first-order chi connectivity index (χ1) is 16.1. The van der Waals surface area contributed by atoms with Crippen LogP contribution in [0.2, 0.25) is 0 Å². The smallest absolute Gasteiger partial charge is 0.284 e. The predicted molar refractivity (Wildman–Crippen MR) is 123 cm³/mol. The highest BCUT2D eigenvalue weighted by Crippen LogP contribution is 2.30. The van der Waals surface area contributed by atoms with Crippen LogP contribution in [0.1, 0.15) is 61.6 Å². The van der Waals surface area contributed by atoms with Crippen molar-refractivity contribution < 1.29 is 18.7 Å². The molecule has 3 N–H and O–H groups in total. The van der Waals surface area contributed by atoms with Gasteiger partial charge in [-0.3, -0.25) is 9.48 Å². The molecule has 1 saturated heterocycles. The van der Waals surface area contributed by atoms with E-state index in [1.807, 2.05) is 7.05 Å². The van der Waals surface area contributed by atoms with Crippen molar-refractivity contribution in [3.8, 4) is 0 Å². The number of nitrogens with zero attached hydrogens (tertiary/aromatic N) is 6. The second kappa shape index (κ2) is 9.63. The summed E-state index contributed by atoms with van der Waals surface area (Å²) in [7, 11) is 2.02. The van der Waals surface area contributed by atoms with Crippen molar-refractivity contribution in [1.82, 2.24) is 29.3 Å². The number of likely N-dealkylation sites (tertiary alicyclic amines) is 1. The van der Waals surface area contributed by atoms with E-state index in [-0.39, 0.29) is 22.9 Å². The number of rotatable bonds is 8. The minimum Gasteiger partial charge on any atom is -0.390 e. The molecule has 0 aliphatic carbocycles. The van der Waals surface area contributed by atoms with Crippen molar-refractivity contribution in [2.45, 2.75) is 51.2 Å². The van der Waals surface area contributed by atoms with Crippen LogP contribution in [0.15, 0.2) is 24.7 Å². The molecule has 1 fully saturated rings. The summed E-state index contributed by atoms with van der Waals surface area (Å²) in [5, 5.41) is 23.8. The number of amides is 1. The van der Waals surface area contributed by atoms with Crippen LogP contribution >= 0.6 is 0 Å². The van der Waals surface area contributed by atoms with E-state index < -0.39 is 23.6 Å². The first kappa shape index (κ1) is 24.0. The van der Waals surface area contributed by atoms with Crippen LogP contribution in [0, 0.1) is 0 Å². The molecule has 0 radical (unpaired) electrons. The Hall–Kier alpha value is -3.12. The van der Waals surface area contributed by atoms with Crippen molar-refractivity contribution in [2.75, 3.05) is 37.3 Å². The maximum atomic E-state index is 13.7. The number of carbonyl (C=O) groups excluding carboxylic acids is 1. The lowest BCUT2D eigenvalue weighted by Crippen LogP contribution is -2.31. The van der Waals surface area contributed by atoms with Crippen molar-refractivity contribution >= 4 is 23.1 Å². The number of carbonyl (C=O) groups is 1. The number of anilines is 2. The van der Waals surface area contributed by atoms with Gasteiger partial charge in [0.05, 0.1) is 23.5 Å². The van der Waals surface area contributed by atoms with Crippen molar-refractivity contribution in [1.29, 1.82) is 0 Å². The Labute approximate surface area is 196 Å². The molecule has 1 aliphatic heterocycles. The molecule has 0 spiro atoms. The van der Waals surface area contributed by atoms with Crippen LogP contribution in [-0.2, 0) is 0 Å². The van der Waals surface area contributed by atoms with Crippen molar-refractivity contribution in [2.24, 2.45) is 0 Å². The van der Waals surface area contributed by atoms with Crippen LogP contribution in [0.5, 0.6) is 0 Å². The highest BCUT2D eigenvalue weighted by atomic mass is 19.3. The van der Waals surface area contributed by atoms with E-state index in [2.05, 4.69) is 30.7 Å². The summed E-state index contributed by atoms with van der Waals surface area (Å²) in [6.45, 7) is 5.63. The Morgan fingerprint density at radius 2 is 2.06 bits per heavy atom. The molecule has 12 heteroatoms. The third-order valence-corrected chi connectivity index (χ3v) is 5.93. The fourth-order valence-electron chi connectivity index (χ4n) is 3.92. The fourth-order valence-corrected chi connectivity index (χ4v) is 3.92. The molecular formula is C22H30F2N8O2. The van der Waals surface area contributed by atoms with Gasteiger partial charge < -0.3 is 20.6 Å². The van der Waals surface area contributed by atoms with Crippen molar-refractivity contribution in [3.05, 3.63) is 35.9 Å². The zero-order valence-electron chi connectivity index (χ0n) is 19.5. The number of nitrogens with one attached hydrogen (secondary N) is 2. The van der Waals surface area contributed by atoms with E-state index in [0.29, 0.717) is 18.8 Å². The summed E-state index contributed by atoms with van der Waals surface area (Å²) in [4.78, 5) is 19.6. The molecular weight excluding hydrogens is 446 g/mol. The lowest BCUT2D eigenvalue weighted by molar-refractivity contribution is 0.0748. The lowest BCUT2D eigenvalue weighted by atomic mass is 10.1. The summed E-state index contributed by atoms with van der Waals surface area (Å²) in [5.41, 5.74) is -0.854. The highest BCUT2D eigenvalue weighted by molar-refractivity contribution is 6.08. The second-order valence-corrected chi connectivity index (χ2v) is 9.33. The highest BCUT2D eigenvalue weighted by Gasteiger charge is 2.26. The summed E-state index contributed by atoms with van der Waals surface area (Å²) in [6, 6.07) is 1.71. The molecule has 1 aliphatic rings. The molecule has 0 atom stereocenters. The average Bonchev–Trinajstić information content (AvgIpc) is 3.37. The van der Waals surface area contributed by atoms with Gasteiger partial charge in [-0.2, -0.15) is 10.2 Å². The molecule has 4 rings (SSSR count). The third kappa shape index (κ3) is 5.50. The van der Waals surface area contributed by atoms with Crippen molar-refractivity contribution in [3.63, 3.8) is 0 Å². The van der Waals surface area contributed by atoms with Gasteiger partial charge in [0.25, 0.3) is 12.3 Å². The number of hydrogen-bond acceptors (Lipinski definition) is 7. The molecule has 0 unspecified atom stereocenters. The summed E-state index contributed by atoms with van der Waals surface area (Å²) < 4.78 is 30.3. The second-order valence-electron chi connectivity index (χ2n) is 9.33. The Morgan fingerprint density at radius 3 is 2.74 bits per heavy atom. The van der Waals surface area contributed by atoms with E-state index in [0.717, 1.165) is 25.9 Å². The maximum Gasteiger partial charge on any atom is 0.284 e. The molecule has 34 heavy (non-hydrogen) atoms. The Kier molecular flexibility index (Phi) is 6.80. The summed E-state index contributed by atoms with van der Waals surface area (Å²) in [5.74, 6) is -0.0874. The summed E-state index contributed by atoms with van der Waals surface area (Å²) >= 11 is 0. The number of hydrogen-bond donors (Lipinski definition) is 3. The topological polar surface area (TPSA) is 113 Å². The SMILES string of the molecule is CN1CCC(n2cc(NC(=O)c3cnn4ccc(NCCC(C)(C)O)nc34)c(C(F)F)n2)CC1. The van der Waals surface area contributed by atoms with Gasteiger partial charge in [-0.05, 0) is 59.3 Å². The van der Waals surface area contributed by atoms with E-state index >= 15 is 0 Å². The van der Waals surface area contributed by atoms with E-state index in [4.69, 9.17) is 0 Å². The number of halogens is 2. The predicted octanol–water partition coefficient (Wildman–Crippen LogP) is 2.96. The number of aromatic nitrogens is 5. The van der Waals surface area contributed by atoms with Crippen LogP contribution in [0.3, 0.4) is 0 Å². The summed E-state index contributed by atoms with van der Waals surface area (Å²) in [6.07, 6.45) is 3.76. The van der Waals surface area contributed by atoms with Gasteiger partial charge >= 0.3 is 0 Å². The number of alkyl halides is 2. The monoisotopic (exact) mass is 476 g/mol.